The Balaban J connectivity index is 2.95. The van der Waals surface area contributed by atoms with Gasteiger partial charge in [0.1, 0.15) is 11.6 Å². The minimum Gasteiger partial charge on any atom is -0.378 e. The minimum atomic E-state index is 0.522. The van der Waals surface area contributed by atoms with E-state index in [0.717, 1.165) is 40.4 Å². The van der Waals surface area contributed by atoms with Crippen molar-refractivity contribution < 1.29 is 4.74 Å². The largest absolute Gasteiger partial charge is 0.378 e. The Morgan fingerprint density at radius 3 is 2.61 bits per heavy atom. The van der Waals surface area contributed by atoms with Crippen LogP contribution in [0.4, 0.5) is 5.82 Å². The van der Waals surface area contributed by atoms with E-state index in [0.29, 0.717) is 6.61 Å². The quantitative estimate of drug-likeness (QED) is 0.748. The monoisotopic (exact) mass is 364 g/mol. The molecule has 0 amide bonds. The SMILES string of the molecule is CCNc1nc(CCN(C)C)nc(COC)c1I. The number of anilines is 1. The highest BCUT2D eigenvalue weighted by molar-refractivity contribution is 14.1. The van der Waals surface area contributed by atoms with Crippen molar-refractivity contribution in [3.63, 3.8) is 0 Å². The molecule has 0 bridgehead atoms. The van der Waals surface area contributed by atoms with E-state index < -0.39 is 0 Å². The van der Waals surface area contributed by atoms with Crippen LogP contribution in [0.5, 0.6) is 0 Å². The average molecular weight is 364 g/mol. The van der Waals surface area contributed by atoms with Crippen LogP contribution in [0.2, 0.25) is 0 Å². The number of hydrogen-bond acceptors (Lipinski definition) is 5. The lowest BCUT2D eigenvalue weighted by Crippen LogP contribution is -2.18. The summed E-state index contributed by atoms with van der Waals surface area (Å²) in [7, 11) is 5.78. The fraction of sp³-hybridized carbons (Fsp3) is 0.667. The molecule has 0 unspecified atom stereocenters. The lowest BCUT2D eigenvalue weighted by molar-refractivity contribution is 0.180. The summed E-state index contributed by atoms with van der Waals surface area (Å²) in [5.41, 5.74) is 0.956. The molecule has 0 saturated heterocycles. The molecule has 0 aromatic carbocycles. The first-order valence-corrected chi connectivity index (χ1v) is 7.09. The Kier molecular flexibility index (Phi) is 6.80. The lowest BCUT2D eigenvalue weighted by atomic mass is 10.3. The second kappa shape index (κ2) is 7.85. The molecule has 1 heterocycles. The highest BCUT2D eigenvalue weighted by Gasteiger charge is 2.11. The minimum absolute atomic E-state index is 0.522. The fourth-order valence-electron chi connectivity index (χ4n) is 1.50. The van der Waals surface area contributed by atoms with Crippen molar-refractivity contribution in [3.05, 3.63) is 15.1 Å². The third-order valence-corrected chi connectivity index (χ3v) is 3.51. The van der Waals surface area contributed by atoms with Gasteiger partial charge in [-0.1, -0.05) is 0 Å². The first-order chi connectivity index (χ1) is 8.58. The first-order valence-electron chi connectivity index (χ1n) is 6.01. The van der Waals surface area contributed by atoms with Crippen LogP contribution in [-0.4, -0.2) is 49.2 Å². The molecule has 0 atom stereocenters. The van der Waals surface area contributed by atoms with Crippen LogP contribution in [0.25, 0.3) is 0 Å². The first kappa shape index (κ1) is 15.6. The van der Waals surface area contributed by atoms with Crippen molar-refractivity contribution in [2.45, 2.75) is 20.0 Å². The number of nitrogens with one attached hydrogen (secondary N) is 1. The molecular formula is C12H21IN4O. The van der Waals surface area contributed by atoms with Crippen molar-refractivity contribution in [3.8, 4) is 0 Å². The van der Waals surface area contributed by atoms with Gasteiger partial charge in [-0.25, -0.2) is 9.97 Å². The zero-order chi connectivity index (χ0) is 13.5. The number of hydrogen-bond donors (Lipinski definition) is 1. The molecule has 102 valence electrons. The second-order valence-corrected chi connectivity index (χ2v) is 5.34. The second-order valence-electron chi connectivity index (χ2n) is 4.27. The summed E-state index contributed by atoms with van der Waals surface area (Å²) in [5.74, 6) is 1.78. The van der Waals surface area contributed by atoms with E-state index in [4.69, 9.17) is 4.74 Å². The van der Waals surface area contributed by atoms with Gasteiger partial charge in [0.25, 0.3) is 0 Å². The Morgan fingerprint density at radius 2 is 2.06 bits per heavy atom. The van der Waals surface area contributed by atoms with Crippen molar-refractivity contribution in [2.24, 2.45) is 0 Å². The van der Waals surface area contributed by atoms with Crippen molar-refractivity contribution in [1.29, 1.82) is 0 Å². The van der Waals surface area contributed by atoms with E-state index in [9.17, 15) is 0 Å². The molecular weight excluding hydrogens is 343 g/mol. The predicted octanol–water partition coefficient (Wildman–Crippen LogP) is 1.76. The molecule has 6 heteroatoms. The summed E-state index contributed by atoms with van der Waals surface area (Å²) in [4.78, 5) is 11.3. The molecule has 0 fully saturated rings. The molecule has 1 N–H and O–H groups in total. The van der Waals surface area contributed by atoms with Crippen molar-refractivity contribution >= 4 is 28.4 Å². The third kappa shape index (κ3) is 4.66. The van der Waals surface area contributed by atoms with Gasteiger partial charge in [-0.05, 0) is 43.6 Å². The Bertz CT molecular complexity index is 357. The van der Waals surface area contributed by atoms with E-state index in [2.05, 4.69) is 49.7 Å². The maximum absolute atomic E-state index is 5.19. The van der Waals surface area contributed by atoms with Gasteiger partial charge in [-0.15, -0.1) is 0 Å². The highest BCUT2D eigenvalue weighted by Crippen LogP contribution is 2.20. The van der Waals surface area contributed by atoms with Gasteiger partial charge in [0.15, 0.2) is 0 Å². The zero-order valence-corrected chi connectivity index (χ0v) is 13.6. The average Bonchev–Trinajstić information content (AvgIpc) is 2.32. The molecule has 5 nitrogen and oxygen atoms in total. The maximum atomic E-state index is 5.19. The summed E-state index contributed by atoms with van der Waals surface area (Å²) < 4.78 is 6.24. The Morgan fingerprint density at radius 1 is 1.33 bits per heavy atom. The number of nitrogens with zero attached hydrogens (tertiary/aromatic N) is 3. The van der Waals surface area contributed by atoms with Crippen LogP contribution in [-0.2, 0) is 17.8 Å². The predicted molar refractivity (Wildman–Crippen MR) is 81.9 cm³/mol. The molecule has 0 aliphatic heterocycles. The van der Waals surface area contributed by atoms with E-state index in [1.807, 2.05) is 14.1 Å². The van der Waals surface area contributed by atoms with Crippen molar-refractivity contribution in [1.82, 2.24) is 14.9 Å². The van der Waals surface area contributed by atoms with E-state index in [1.54, 1.807) is 7.11 Å². The molecule has 0 saturated carbocycles. The standard InChI is InChI=1S/C12H21IN4O/c1-5-14-12-11(13)9(8-18-4)15-10(16-12)6-7-17(2)3/h5-8H2,1-4H3,(H,14,15,16). The van der Waals surface area contributed by atoms with Gasteiger partial charge >= 0.3 is 0 Å². The number of methoxy groups -OCH3 is 1. The molecule has 0 aliphatic carbocycles. The summed E-state index contributed by atoms with van der Waals surface area (Å²) in [6.07, 6.45) is 0.846. The number of aromatic nitrogens is 2. The van der Waals surface area contributed by atoms with Crippen LogP contribution in [0.3, 0.4) is 0 Å². The number of ether oxygens (including phenoxy) is 1. The van der Waals surface area contributed by atoms with Gasteiger partial charge in [-0.3, -0.25) is 0 Å². The topological polar surface area (TPSA) is 50.3 Å². The van der Waals surface area contributed by atoms with Crippen LogP contribution in [0, 0.1) is 3.57 Å². The smallest absolute Gasteiger partial charge is 0.143 e. The summed E-state index contributed by atoms with van der Waals surface area (Å²) in [5, 5.41) is 3.27. The van der Waals surface area contributed by atoms with Gasteiger partial charge in [-0.2, -0.15) is 0 Å². The lowest BCUT2D eigenvalue weighted by Gasteiger charge is -2.13. The fourth-order valence-corrected chi connectivity index (χ4v) is 2.08. The summed E-state index contributed by atoms with van der Waals surface area (Å²) in [6, 6.07) is 0. The van der Waals surface area contributed by atoms with Crippen LogP contribution in [0.15, 0.2) is 0 Å². The number of likely N-dealkylation sites (N-methyl/N-ethyl adjacent to an activating group) is 1. The third-order valence-electron chi connectivity index (χ3n) is 2.37. The molecule has 1 rings (SSSR count). The van der Waals surface area contributed by atoms with E-state index >= 15 is 0 Å². The zero-order valence-electron chi connectivity index (χ0n) is 11.5. The van der Waals surface area contributed by atoms with Crippen LogP contribution >= 0.6 is 22.6 Å². The van der Waals surface area contributed by atoms with Crippen molar-refractivity contribution in [2.75, 3.05) is 39.6 Å². The summed E-state index contributed by atoms with van der Waals surface area (Å²) >= 11 is 2.27. The molecule has 1 aromatic heterocycles. The normalized spacial score (nSPS) is 11.0. The van der Waals surface area contributed by atoms with E-state index in [1.165, 1.54) is 0 Å². The molecule has 0 spiro atoms. The van der Waals surface area contributed by atoms with Gasteiger partial charge in [0.05, 0.1) is 15.9 Å². The number of halogens is 1. The molecule has 0 radical (unpaired) electrons. The van der Waals surface area contributed by atoms with Crippen LogP contribution in [0.1, 0.15) is 18.4 Å². The van der Waals surface area contributed by atoms with E-state index in [-0.39, 0.29) is 0 Å². The van der Waals surface area contributed by atoms with Crippen LogP contribution < -0.4 is 5.32 Å². The highest BCUT2D eigenvalue weighted by atomic mass is 127. The maximum Gasteiger partial charge on any atom is 0.143 e. The van der Waals surface area contributed by atoms with Gasteiger partial charge < -0.3 is 15.0 Å². The summed E-state index contributed by atoms with van der Waals surface area (Å²) in [6.45, 7) is 4.38. The Labute approximate surface area is 122 Å². The van der Waals surface area contributed by atoms with Gasteiger partial charge in [0, 0.05) is 26.6 Å². The number of rotatable bonds is 7. The molecule has 0 aliphatic rings. The Hall–Kier alpha value is -0.470. The molecule has 1 aromatic rings. The van der Waals surface area contributed by atoms with Gasteiger partial charge in [0.2, 0.25) is 0 Å². The molecule has 18 heavy (non-hydrogen) atoms.